The molecule has 64 valence electrons. The van der Waals surface area contributed by atoms with Gasteiger partial charge in [-0.25, -0.2) is 0 Å². The third kappa shape index (κ3) is 1.13. The molecule has 0 N–H and O–H groups in total. The molecule has 0 amide bonds. The molecule has 0 radical (unpaired) electrons. The van der Waals surface area contributed by atoms with Crippen molar-refractivity contribution in [2.24, 2.45) is 0 Å². The summed E-state index contributed by atoms with van der Waals surface area (Å²) in [5.41, 5.74) is 2.54. The number of methoxy groups -OCH3 is 1. The zero-order valence-electron chi connectivity index (χ0n) is 7.01. The van der Waals surface area contributed by atoms with Gasteiger partial charge in [-0.05, 0) is 24.5 Å². The summed E-state index contributed by atoms with van der Waals surface area (Å²) in [6, 6.07) is 6.05. The summed E-state index contributed by atoms with van der Waals surface area (Å²) >= 11 is 6.06. The molecular weight excluding hydrogens is 172 g/mol. The smallest absolute Gasteiger partial charge is 0.0841 e. The van der Waals surface area contributed by atoms with Crippen molar-refractivity contribution in [1.82, 2.24) is 0 Å². The number of fused-ring (bicyclic) bond motifs is 1. The lowest BCUT2D eigenvalue weighted by Crippen LogP contribution is -1.95. The standard InChI is InChI=1S/C10H11ClO/c1-12-9-6-5-7-3-2-4-8(11)10(7)9/h2-4,9H,5-6H2,1H3. The predicted octanol–water partition coefficient (Wildman–Crippen LogP) is 2.97. The Hall–Kier alpha value is -0.530. The maximum absolute atomic E-state index is 6.06. The first kappa shape index (κ1) is 8.09. The number of halogens is 1. The quantitative estimate of drug-likeness (QED) is 0.649. The largest absolute Gasteiger partial charge is 0.377 e. The van der Waals surface area contributed by atoms with Crippen molar-refractivity contribution in [2.75, 3.05) is 7.11 Å². The number of rotatable bonds is 1. The maximum Gasteiger partial charge on any atom is 0.0841 e. The first-order valence-corrected chi connectivity index (χ1v) is 4.51. The van der Waals surface area contributed by atoms with Gasteiger partial charge in [0.05, 0.1) is 6.10 Å². The van der Waals surface area contributed by atoms with Gasteiger partial charge in [-0.15, -0.1) is 0 Å². The van der Waals surface area contributed by atoms with E-state index in [2.05, 4.69) is 6.07 Å². The van der Waals surface area contributed by atoms with E-state index in [1.54, 1.807) is 7.11 Å². The minimum Gasteiger partial charge on any atom is -0.377 e. The Labute approximate surface area is 77.3 Å². The second-order valence-electron chi connectivity index (χ2n) is 3.08. The lowest BCUT2D eigenvalue weighted by molar-refractivity contribution is 0.105. The van der Waals surface area contributed by atoms with Crippen molar-refractivity contribution < 1.29 is 4.74 Å². The molecule has 1 aromatic rings. The van der Waals surface area contributed by atoms with Gasteiger partial charge in [-0.2, -0.15) is 0 Å². The number of ether oxygens (including phenoxy) is 1. The molecule has 0 aliphatic heterocycles. The predicted molar refractivity (Wildman–Crippen MR) is 49.5 cm³/mol. The second-order valence-corrected chi connectivity index (χ2v) is 3.48. The average Bonchev–Trinajstić information content (AvgIpc) is 2.49. The zero-order chi connectivity index (χ0) is 8.55. The van der Waals surface area contributed by atoms with Crippen LogP contribution in [0.25, 0.3) is 0 Å². The third-order valence-electron chi connectivity index (χ3n) is 2.43. The Morgan fingerprint density at radius 3 is 3.08 bits per heavy atom. The Morgan fingerprint density at radius 1 is 1.50 bits per heavy atom. The molecule has 2 rings (SSSR count). The molecule has 1 aliphatic rings. The maximum atomic E-state index is 6.06. The second kappa shape index (κ2) is 3.08. The van der Waals surface area contributed by atoms with Gasteiger partial charge in [-0.1, -0.05) is 23.7 Å². The van der Waals surface area contributed by atoms with E-state index in [1.807, 2.05) is 12.1 Å². The van der Waals surface area contributed by atoms with E-state index in [4.69, 9.17) is 16.3 Å². The summed E-state index contributed by atoms with van der Waals surface area (Å²) in [5.74, 6) is 0. The van der Waals surface area contributed by atoms with Crippen LogP contribution in [-0.2, 0) is 11.2 Å². The lowest BCUT2D eigenvalue weighted by Gasteiger charge is -2.10. The summed E-state index contributed by atoms with van der Waals surface area (Å²) in [6.07, 6.45) is 2.37. The summed E-state index contributed by atoms with van der Waals surface area (Å²) in [7, 11) is 1.74. The van der Waals surface area contributed by atoms with Crippen molar-refractivity contribution in [1.29, 1.82) is 0 Å². The van der Waals surface area contributed by atoms with Crippen LogP contribution in [0.5, 0.6) is 0 Å². The van der Waals surface area contributed by atoms with Crippen LogP contribution in [0.3, 0.4) is 0 Å². The zero-order valence-corrected chi connectivity index (χ0v) is 7.77. The molecule has 0 bridgehead atoms. The normalized spacial score (nSPS) is 21.0. The highest BCUT2D eigenvalue weighted by molar-refractivity contribution is 6.31. The SMILES string of the molecule is COC1CCc2cccc(Cl)c21. The fourth-order valence-electron chi connectivity index (χ4n) is 1.83. The molecule has 1 aliphatic carbocycles. The van der Waals surface area contributed by atoms with Gasteiger partial charge in [-0.3, -0.25) is 0 Å². The fourth-order valence-corrected chi connectivity index (χ4v) is 2.14. The van der Waals surface area contributed by atoms with Crippen LogP contribution in [-0.4, -0.2) is 7.11 Å². The Morgan fingerprint density at radius 2 is 2.33 bits per heavy atom. The molecule has 0 heterocycles. The number of aryl methyl sites for hydroxylation is 1. The Kier molecular flexibility index (Phi) is 2.07. The van der Waals surface area contributed by atoms with E-state index in [0.29, 0.717) is 0 Å². The van der Waals surface area contributed by atoms with Crippen LogP contribution < -0.4 is 0 Å². The lowest BCUT2D eigenvalue weighted by atomic mass is 10.1. The van der Waals surface area contributed by atoms with E-state index in [1.165, 1.54) is 11.1 Å². The molecule has 0 spiro atoms. The van der Waals surface area contributed by atoms with Crippen molar-refractivity contribution in [3.8, 4) is 0 Å². The highest BCUT2D eigenvalue weighted by Gasteiger charge is 2.23. The molecule has 0 saturated carbocycles. The number of benzene rings is 1. The first-order chi connectivity index (χ1) is 5.83. The first-order valence-electron chi connectivity index (χ1n) is 4.13. The van der Waals surface area contributed by atoms with Gasteiger partial charge >= 0.3 is 0 Å². The van der Waals surface area contributed by atoms with Gasteiger partial charge in [0, 0.05) is 17.7 Å². The molecule has 2 heteroatoms. The minimum atomic E-state index is 0.216. The van der Waals surface area contributed by atoms with Gasteiger partial charge < -0.3 is 4.74 Å². The van der Waals surface area contributed by atoms with E-state index < -0.39 is 0 Å². The van der Waals surface area contributed by atoms with Crippen molar-refractivity contribution >= 4 is 11.6 Å². The van der Waals surface area contributed by atoms with Crippen LogP contribution in [0, 0.1) is 0 Å². The van der Waals surface area contributed by atoms with Gasteiger partial charge in [0.2, 0.25) is 0 Å². The van der Waals surface area contributed by atoms with Gasteiger partial charge in [0.1, 0.15) is 0 Å². The van der Waals surface area contributed by atoms with Crippen molar-refractivity contribution in [3.63, 3.8) is 0 Å². The van der Waals surface area contributed by atoms with Crippen molar-refractivity contribution in [3.05, 3.63) is 34.3 Å². The van der Waals surface area contributed by atoms with Gasteiger partial charge in [0.25, 0.3) is 0 Å². The monoisotopic (exact) mass is 182 g/mol. The van der Waals surface area contributed by atoms with Crippen LogP contribution in [0.15, 0.2) is 18.2 Å². The van der Waals surface area contributed by atoms with E-state index in [0.717, 1.165) is 17.9 Å². The minimum absolute atomic E-state index is 0.216. The molecule has 12 heavy (non-hydrogen) atoms. The molecule has 1 nitrogen and oxygen atoms in total. The Balaban J connectivity index is 2.48. The highest BCUT2D eigenvalue weighted by atomic mass is 35.5. The molecule has 1 atom stereocenters. The van der Waals surface area contributed by atoms with Crippen LogP contribution in [0.2, 0.25) is 5.02 Å². The van der Waals surface area contributed by atoms with Crippen LogP contribution >= 0.6 is 11.6 Å². The van der Waals surface area contributed by atoms with Crippen molar-refractivity contribution in [2.45, 2.75) is 18.9 Å². The van der Waals surface area contributed by atoms with Gasteiger partial charge in [0.15, 0.2) is 0 Å². The summed E-state index contributed by atoms with van der Waals surface area (Å²) in [5, 5.41) is 0.844. The van der Waals surface area contributed by atoms with Crippen LogP contribution in [0.4, 0.5) is 0 Å². The molecule has 0 saturated heterocycles. The molecule has 1 aromatic carbocycles. The van der Waals surface area contributed by atoms with E-state index in [-0.39, 0.29) is 6.10 Å². The molecule has 0 fully saturated rings. The summed E-state index contributed by atoms with van der Waals surface area (Å²) in [6.45, 7) is 0. The number of hydrogen-bond acceptors (Lipinski definition) is 1. The van der Waals surface area contributed by atoms with Crippen LogP contribution in [0.1, 0.15) is 23.7 Å². The Bertz CT molecular complexity index is 296. The summed E-state index contributed by atoms with van der Waals surface area (Å²) < 4.78 is 5.33. The fraction of sp³-hybridized carbons (Fsp3) is 0.400. The summed E-state index contributed by atoms with van der Waals surface area (Å²) in [4.78, 5) is 0. The highest BCUT2D eigenvalue weighted by Crippen LogP contribution is 2.37. The molecule has 1 unspecified atom stereocenters. The van der Waals surface area contributed by atoms with E-state index >= 15 is 0 Å². The number of hydrogen-bond donors (Lipinski definition) is 0. The van der Waals surface area contributed by atoms with E-state index in [9.17, 15) is 0 Å². The topological polar surface area (TPSA) is 9.23 Å². The average molecular weight is 183 g/mol. The molecule has 0 aromatic heterocycles. The molecular formula is C10H11ClO. The third-order valence-corrected chi connectivity index (χ3v) is 2.76.